The first-order chi connectivity index (χ1) is 6.27. The Morgan fingerprint density at radius 3 is 2.54 bits per heavy atom. The van der Waals surface area contributed by atoms with Crippen LogP contribution in [-0.4, -0.2) is 11.3 Å². The first kappa shape index (κ1) is 8.57. The molecule has 0 unspecified atom stereocenters. The second kappa shape index (κ2) is 3.38. The highest BCUT2D eigenvalue weighted by Crippen LogP contribution is 2.31. The second-order valence-corrected chi connectivity index (χ2v) is 3.57. The molecule has 1 aliphatic heterocycles. The molecule has 1 saturated heterocycles. The maximum absolute atomic E-state index is 11.0. The average Bonchev–Trinajstić information content (AvgIpc) is 2.49. The highest BCUT2D eigenvalue weighted by atomic mass is 35.5. The summed E-state index contributed by atoms with van der Waals surface area (Å²) in [6, 6.07) is 9.65. The number of alkyl halides is 1. The van der Waals surface area contributed by atoms with Crippen molar-refractivity contribution in [3.05, 3.63) is 35.9 Å². The molecule has 0 aromatic heterocycles. The molecule has 13 heavy (non-hydrogen) atoms. The molecular weight excluding hydrogens is 188 g/mol. The van der Waals surface area contributed by atoms with Gasteiger partial charge in [0, 0.05) is 6.42 Å². The van der Waals surface area contributed by atoms with Gasteiger partial charge in [0.15, 0.2) is 0 Å². The number of halogens is 1. The topological polar surface area (TPSA) is 26.3 Å². The highest BCUT2D eigenvalue weighted by molar-refractivity contribution is 6.30. The largest absolute Gasteiger partial charge is 0.456 e. The van der Waals surface area contributed by atoms with Crippen molar-refractivity contribution in [1.82, 2.24) is 0 Å². The zero-order chi connectivity index (χ0) is 9.26. The van der Waals surface area contributed by atoms with Crippen LogP contribution in [0.2, 0.25) is 0 Å². The van der Waals surface area contributed by atoms with Crippen LogP contribution in [0.25, 0.3) is 0 Å². The molecule has 2 nitrogen and oxygen atoms in total. The number of ether oxygens (including phenoxy) is 1. The van der Waals surface area contributed by atoms with Gasteiger partial charge in [-0.1, -0.05) is 30.3 Å². The summed E-state index contributed by atoms with van der Waals surface area (Å²) in [6.07, 6.45) is 0.418. The van der Waals surface area contributed by atoms with E-state index in [9.17, 15) is 4.79 Å². The molecule has 1 heterocycles. The molecule has 1 aromatic carbocycles. The second-order valence-electron chi connectivity index (χ2n) is 3.04. The van der Waals surface area contributed by atoms with Gasteiger partial charge in [-0.3, -0.25) is 4.79 Å². The summed E-state index contributed by atoms with van der Waals surface area (Å²) in [5, 5.41) is -0.481. The summed E-state index contributed by atoms with van der Waals surface area (Å²) in [6.45, 7) is 0. The minimum Gasteiger partial charge on any atom is -0.456 e. The Balaban J connectivity index is 2.17. The molecule has 2 rings (SSSR count). The van der Waals surface area contributed by atoms with Crippen molar-refractivity contribution in [3.63, 3.8) is 0 Å². The van der Waals surface area contributed by atoms with Crippen molar-refractivity contribution >= 4 is 17.6 Å². The van der Waals surface area contributed by atoms with Gasteiger partial charge in [-0.25, -0.2) is 0 Å². The van der Waals surface area contributed by atoms with Crippen molar-refractivity contribution in [2.45, 2.75) is 17.9 Å². The van der Waals surface area contributed by atoms with Crippen molar-refractivity contribution in [2.75, 3.05) is 0 Å². The molecule has 0 saturated carbocycles. The van der Waals surface area contributed by atoms with Crippen LogP contribution in [0.5, 0.6) is 0 Å². The fourth-order valence-electron chi connectivity index (χ4n) is 1.42. The standard InChI is InChI=1S/C10H9ClO2/c11-8-6-9(13-10(8)12)7-4-2-1-3-5-7/h1-5,8-9H,6H2/t8-,9-/m0/s1. The quantitative estimate of drug-likeness (QED) is 0.509. The van der Waals surface area contributed by atoms with Gasteiger partial charge in [0.25, 0.3) is 0 Å². The number of cyclic esters (lactones) is 1. The van der Waals surface area contributed by atoms with E-state index in [1.807, 2.05) is 30.3 Å². The monoisotopic (exact) mass is 196 g/mol. The normalized spacial score (nSPS) is 27.3. The maximum Gasteiger partial charge on any atom is 0.324 e. The van der Waals surface area contributed by atoms with Gasteiger partial charge in [-0.05, 0) is 5.56 Å². The van der Waals surface area contributed by atoms with E-state index in [4.69, 9.17) is 16.3 Å². The summed E-state index contributed by atoms with van der Waals surface area (Å²) in [4.78, 5) is 11.0. The van der Waals surface area contributed by atoms with Crippen LogP contribution in [0.3, 0.4) is 0 Å². The van der Waals surface area contributed by atoms with Crippen LogP contribution in [-0.2, 0) is 9.53 Å². The van der Waals surface area contributed by atoms with Gasteiger partial charge in [0.05, 0.1) is 0 Å². The molecule has 68 valence electrons. The third kappa shape index (κ3) is 1.68. The SMILES string of the molecule is O=C1O[C@H](c2ccccc2)C[C@@H]1Cl. The van der Waals surface area contributed by atoms with E-state index < -0.39 is 5.38 Å². The van der Waals surface area contributed by atoms with E-state index in [1.54, 1.807) is 0 Å². The molecule has 1 aromatic rings. The predicted molar refractivity (Wildman–Crippen MR) is 49.5 cm³/mol. The fourth-order valence-corrected chi connectivity index (χ4v) is 1.63. The Morgan fingerprint density at radius 1 is 1.31 bits per heavy atom. The van der Waals surface area contributed by atoms with Crippen molar-refractivity contribution in [2.24, 2.45) is 0 Å². The molecule has 2 atom stereocenters. The van der Waals surface area contributed by atoms with E-state index in [0.717, 1.165) is 5.56 Å². The summed E-state index contributed by atoms with van der Waals surface area (Å²) < 4.78 is 5.09. The molecule has 0 bridgehead atoms. The Morgan fingerprint density at radius 2 is 2.00 bits per heavy atom. The fraction of sp³-hybridized carbons (Fsp3) is 0.300. The van der Waals surface area contributed by atoms with Gasteiger partial charge in [0.1, 0.15) is 11.5 Å². The van der Waals surface area contributed by atoms with E-state index in [0.29, 0.717) is 6.42 Å². The molecule has 1 fully saturated rings. The number of rotatable bonds is 1. The first-order valence-electron chi connectivity index (χ1n) is 4.17. The van der Waals surface area contributed by atoms with Gasteiger partial charge in [0.2, 0.25) is 0 Å². The van der Waals surface area contributed by atoms with Gasteiger partial charge >= 0.3 is 5.97 Å². The van der Waals surface area contributed by atoms with E-state index in [-0.39, 0.29) is 12.1 Å². The smallest absolute Gasteiger partial charge is 0.324 e. The van der Waals surface area contributed by atoms with Crippen molar-refractivity contribution in [1.29, 1.82) is 0 Å². The summed E-state index contributed by atoms with van der Waals surface area (Å²) in [5.74, 6) is -0.310. The van der Waals surface area contributed by atoms with Crippen molar-refractivity contribution in [3.8, 4) is 0 Å². The van der Waals surface area contributed by atoms with Crippen LogP contribution in [0.1, 0.15) is 18.1 Å². The van der Waals surface area contributed by atoms with Crippen LogP contribution in [0.4, 0.5) is 0 Å². The lowest BCUT2D eigenvalue weighted by atomic mass is 10.1. The molecule has 0 N–H and O–H groups in total. The van der Waals surface area contributed by atoms with Crippen LogP contribution >= 0.6 is 11.6 Å². The van der Waals surface area contributed by atoms with Crippen LogP contribution < -0.4 is 0 Å². The number of carbonyl (C=O) groups excluding carboxylic acids is 1. The number of benzene rings is 1. The molecule has 0 radical (unpaired) electrons. The Labute approximate surface area is 81.5 Å². The zero-order valence-corrected chi connectivity index (χ0v) is 7.70. The summed E-state index contributed by atoms with van der Waals surface area (Å²) in [5.41, 5.74) is 1.01. The first-order valence-corrected chi connectivity index (χ1v) is 4.60. The lowest BCUT2D eigenvalue weighted by molar-refractivity contribution is -0.141. The minimum absolute atomic E-state index is 0.156. The predicted octanol–water partition coefficient (Wildman–Crippen LogP) is 2.28. The van der Waals surface area contributed by atoms with Gasteiger partial charge in [-0.15, -0.1) is 11.6 Å². The lowest BCUT2D eigenvalue weighted by Crippen LogP contribution is -2.04. The lowest BCUT2D eigenvalue weighted by Gasteiger charge is -2.07. The van der Waals surface area contributed by atoms with E-state index >= 15 is 0 Å². The minimum atomic E-state index is -0.481. The molecule has 1 aliphatic rings. The summed E-state index contributed by atoms with van der Waals surface area (Å²) in [7, 11) is 0. The van der Waals surface area contributed by atoms with Gasteiger partial charge < -0.3 is 4.74 Å². The average molecular weight is 197 g/mol. The number of carbonyl (C=O) groups is 1. The number of hydrogen-bond donors (Lipinski definition) is 0. The zero-order valence-electron chi connectivity index (χ0n) is 6.94. The Hall–Kier alpha value is -1.02. The molecule has 0 amide bonds. The number of esters is 1. The van der Waals surface area contributed by atoms with E-state index in [2.05, 4.69) is 0 Å². The summed E-state index contributed by atoms with van der Waals surface area (Å²) >= 11 is 5.73. The Bertz CT molecular complexity index is 310. The maximum atomic E-state index is 11.0. The third-order valence-corrected chi connectivity index (χ3v) is 2.46. The van der Waals surface area contributed by atoms with E-state index in [1.165, 1.54) is 0 Å². The van der Waals surface area contributed by atoms with Crippen LogP contribution in [0.15, 0.2) is 30.3 Å². The van der Waals surface area contributed by atoms with Gasteiger partial charge in [-0.2, -0.15) is 0 Å². The molecular formula is C10H9ClO2. The Kier molecular flexibility index (Phi) is 2.23. The number of hydrogen-bond acceptors (Lipinski definition) is 2. The molecule has 3 heteroatoms. The van der Waals surface area contributed by atoms with Crippen molar-refractivity contribution < 1.29 is 9.53 Å². The van der Waals surface area contributed by atoms with Crippen LogP contribution in [0, 0.1) is 0 Å². The molecule has 0 spiro atoms. The highest BCUT2D eigenvalue weighted by Gasteiger charge is 2.33. The third-order valence-electron chi connectivity index (χ3n) is 2.11. The molecule has 0 aliphatic carbocycles.